The van der Waals surface area contributed by atoms with Crippen LogP contribution in [0, 0.1) is 16.0 Å². The average molecular weight is 345 g/mol. The molecule has 0 unspecified atom stereocenters. The van der Waals surface area contributed by atoms with Crippen LogP contribution >= 0.6 is 15.9 Å². The van der Waals surface area contributed by atoms with E-state index in [2.05, 4.69) is 26.2 Å². The van der Waals surface area contributed by atoms with Crippen molar-refractivity contribution >= 4 is 33.3 Å². The average Bonchev–Trinajstić information content (AvgIpc) is 2.90. The van der Waals surface area contributed by atoms with Crippen LogP contribution in [0.5, 0.6) is 0 Å². The zero-order chi connectivity index (χ0) is 14.7. The Hall–Kier alpha value is -1.74. The van der Waals surface area contributed by atoms with E-state index in [1.165, 1.54) is 6.07 Å². The maximum Gasteiger partial charge on any atom is 0.288 e. The molecule has 9 heteroatoms. The number of nitrogens with zero attached hydrogens (tertiary/aromatic N) is 2. The number of carbonyl (C=O) groups is 1. The van der Waals surface area contributed by atoms with Crippen LogP contribution in [-0.2, 0) is 9.53 Å². The van der Waals surface area contributed by atoms with Crippen molar-refractivity contribution in [1.29, 1.82) is 0 Å². The van der Waals surface area contributed by atoms with E-state index in [-0.39, 0.29) is 11.6 Å². The van der Waals surface area contributed by atoms with Crippen LogP contribution in [0.2, 0.25) is 0 Å². The lowest BCUT2D eigenvalue weighted by Gasteiger charge is -2.21. The number of hydrogen-bond acceptors (Lipinski definition) is 6. The Balaban J connectivity index is 2.18. The number of primary amides is 1. The standard InChI is InChI=1S/C11H13BrN4O4/c12-8-3-7(16(18)19)4-14-11(8)15-9(10(13)17)6-1-2-20-5-6/h3-4,6,9H,1-2,5H2,(H2,13,17)(H,14,15)/t6-,9+/m0/s1. The first kappa shape index (κ1) is 14.7. The Labute approximate surface area is 123 Å². The van der Waals surface area contributed by atoms with Crippen molar-refractivity contribution in [2.45, 2.75) is 12.5 Å². The molecule has 2 heterocycles. The molecule has 1 saturated heterocycles. The minimum atomic E-state index is -0.622. The van der Waals surface area contributed by atoms with Crippen molar-refractivity contribution in [3.63, 3.8) is 0 Å². The zero-order valence-corrected chi connectivity index (χ0v) is 12.0. The molecule has 8 nitrogen and oxygen atoms in total. The fraction of sp³-hybridized carbons (Fsp3) is 0.455. The zero-order valence-electron chi connectivity index (χ0n) is 10.4. The maximum atomic E-state index is 11.5. The molecule has 1 amide bonds. The van der Waals surface area contributed by atoms with Crippen LogP contribution in [0.25, 0.3) is 0 Å². The third kappa shape index (κ3) is 3.23. The summed E-state index contributed by atoms with van der Waals surface area (Å²) in [7, 11) is 0. The van der Waals surface area contributed by atoms with Crippen molar-refractivity contribution in [2.24, 2.45) is 11.7 Å². The molecule has 1 aliphatic heterocycles. The molecule has 0 aromatic carbocycles. The number of rotatable bonds is 5. The first-order valence-electron chi connectivity index (χ1n) is 5.92. The quantitative estimate of drug-likeness (QED) is 0.608. The number of nitrogens with one attached hydrogen (secondary N) is 1. The summed E-state index contributed by atoms with van der Waals surface area (Å²) >= 11 is 3.19. The van der Waals surface area contributed by atoms with Gasteiger partial charge in [0.15, 0.2) is 0 Å². The van der Waals surface area contributed by atoms with Gasteiger partial charge in [0.2, 0.25) is 5.91 Å². The molecule has 3 N–H and O–H groups in total. The van der Waals surface area contributed by atoms with Gasteiger partial charge >= 0.3 is 0 Å². The summed E-state index contributed by atoms with van der Waals surface area (Å²) in [6.07, 6.45) is 1.85. The number of amides is 1. The fourth-order valence-corrected chi connectivity index (χ4v) is 2.47. The maximum absolute atomic E-state index is 11.5. The Kier molecular flexibility index (Phi) is 4.50. The monoisotopic (exact) mass is 344 g/mol. The number of aromatic nitrogens is 1. The van der Waals surface area contributed by atoms with Gasteiger partial charge in [-0.1, -0.05) is 0 Å². The number of pyridine rings is 1. The lowest BCUT2D eigenvalue weighted by atomic mass is 9.98. The van der Waals surface area contributed by atoms with Crippen LogP contribution < -0.4 is 11.1 Å². The molecular formula is C11H13BrN4O4. The van der Waals surface area contributed by atoms with Gasteiger partial charge in [-0.2, -0.15) is 0 Å². The highest BCUT2D eigenvalue weighted by Gasteiger charge is 2.30. The lowest BCUT2D eigenvalue weighted by molar-refractivity contribution is -0.385. The third-order valence-corrected chi connectivity index (χ3v) is 3.68. The number of hydrogen-bond donors (Lipinski definition) is 2. The summed E-state index contributed by atoms with van der Waals surface area (Å²) in [4.78, 5) is 25.6. The number of carbonyl (C=O) groups excluding carboxylic acids is 1. The molecule has 20 heavy (non-hydrogen) atoms. The highest BCUT2D eigenvalue weighted by Crippen LogP contribution is 2.27. The molecule has 1 aliphatic rings. The molecule has 0 saturated carbocycles. The molecule has 0 bridgehead atoms. The molecular weight excluding hydrogens is 332 g/mol. The van der Waals surface area contributed by atoms with E-state index < -0.39 is 16.9 Å². The van der Waals surface area contributed by atoms with Crippen molar-refractivity contribution in [3.8, 4) is 0 Å². The van der Waals surface area contributed by atoms with Crippen LogP contribution in [0.3, 0.4) is 0 Å². The van der Waals surface area contributed by atoms with E-state index in [0.717, 1.165) is 12.6 Å². The van der Waals surface area contributed by atoms with Crippen LogP contribution in [0.15, 0.2) is 16.7 Å². The molecule has 2 rings (SSSR count). The Morgan fingerprint density at radius 2 is 2.45 bits per heavy atom. The van der Waals surface area contributed by atoms with E-state index in [1.807, 2.05) is 0 Å². The summed E-state index contributed by atoms with van der Waals surface area (Å²) in [5.74, 6) is -0.199. The van der Waals surface area contributed by atoms with Gasteiger partial charge in [0.1, 0.15) is 18.1 Å². The highest BCUT2D eigenvalue weighted by atomic mass is 79.9. The highest BCUT2D eigenvalue weighted by molar-refractivity contribution is 9.10. The molecule has 0 aliphatic carbocycles. The van der Waals surface area contributed by atoms with Crippen LogP contribution in [-0.4, -0.2) is 35.1 Å². The molecule has 1 fully saturated rings. The minimum absolute atomic E-state index is 0.0311. The van der Waals surface area contributed by atoms with Crippen LogP contribution in [0.4, 0.5) is 11.5 Å². The molecule has 0 radical (unpaired) electrons. The fourth-order valence-electron chi connectivity index (χ4n) is 2.02. The summed E-state index contributed by atoms with van der Waals surface area (Å²) < 4.78 is 5.64. The second-order valence-electron chi connectivity index (χ2n) is 4.43. The van der Waals surface area contributed by atoms with E-state index in [9.17, 15) is 14.9 Å². The second-order valence-corrected chi connectivity index (χ2v) is 5.28. The number of halogens is 1. The lowest BCUT2D eigenvalue weighted by Crippen LogP contribution is -2.42. The first-order valence-corrected chi connectivity index (χ1v) is 6.72. The molecule has 1 aromatic heterocycles. The van der Waals surface area contributed by atoms with E-state index in [0.29, 0.717) is 23.5 Å². The largest absolute Gasteiger partial charge is 0.381 e. The smallest absolute Gasteiger partial charge is 0.288 e. The Morgan fingerprint density at radius 1 is 1.70 bits per heavy atom. The normalized spacial score (nSPS) is 19.6. The van der Waals surface area contributed by atoms with Crippen molar-refractivity contribution in [2.75, 3.05) is 18.5 Å². The third-order valence-electron chi connectivity index (χ3n) is 3.07. The predicted octanol–water partition coefficient (Wildman–Crippen LogP) is 1.05. The summed E-state index contributed by atoms with van der Waals surface area (Å²) in [5, 5.41) is 13.6. The van der Waals surface area contributed by atoms with Gasteiger partial charge in [-0.25, -0.2) is 4.98 Å². The molecule has 2 atom stereocenters. The summed E-state index contributed by atoms with van der Waals surface area (Å²) in [6.45, 7) is 1.04. The SMILES string of the molecule is NC(=O)[C@H](Nc1ncc([N+](=O)[O-])cc1Br)[C@H]1CCOC1. The van der Waals surface area contributed by atoms with Gasteiger partial charge in [0, 0.05) is 18.6 Å². The van der Waals surface area contributed by atoms with Crippen molar-refractivity contribution < 1.29 is 14.5 Å². The van der Waals surface area contributed by atoms with Gasteiger partial charge in [-0.3, -0.25) is 14.9 Å². The topological polar surface area (TPSA) is 120 Å². The number of nitro groups is 1. The summed E-state index contributed by atoms with van der Waals surface area (Å²) in [6, 6.07) is 0.696. The van der Waals surface area contributed by atoms with E-state index in [4.69, 9.17) is 10.5 Å². The first-order chi connectivity index (χ1) is 9.49. The van der Waals surface area contributed by atoms with Gasteiger partial charge in [0.25, 0.3) is 5.69 Å². The molecule has 0 spiro atoms. The number of anilines is 1. The second kappa shape index (κ2) is 6.14. The molecule has 1 aromatic rings. The number of nitrogens with two attached hydrogens (primary N) is 1. The van der Waals surface area contributed by atoms with E-state index >= 15 is 0 Å². The van der Waals surface area contributed by atoms with Crippen molar-refractivity contribution in [1.82, 2.24) is 4.98 Å². The van der Waals surface area contributed by atoms with Gasteiger partial charge < -0.3 is 15.8 Å². The minimum Gasteiger partial charge on any atom is -0.381 e. The Morgan fingerprint density at radius 3 is 2.95 bits per heavy atom. The summed E-state index contributed by atoms with van der Waals surface area (Å²) in [5.41, 5.74) is 5.25. The van der Waals surface area contributed by atoms with Gasteiger partial charge in [-0.15, -0.1) is 0 Å². The van der Waals surface area contributed by atoms with Gasteiger partial charge in [-0.05, 0) is 22.4 Å². The number of ether oxygens (including phenoxy) is 1. The van der Waals surface area contributed by atoms with Crippen molar-refractivity contribution in [3.05, 3.63) is 26.9 Å². The predicted molar refractivity (Wildman–Crippen MR) is 74.1 cm³/mol. The Bertz CT molecular complexity index is 533. The molecule has 108 valence electrons. The van der Waals surface area contributed by atoms with Gasteiger partial charge in [0.05, 0.1) is 16.0 Å². The van der Waals surface area contributed by atoms with Crippen LogP contribution in [0.1, 0.15) is 6.42 Å². The van der Waals surface area contributed by atoms with E-state index in [1.54, 1.807) is 0 Å².